The Morgan fingerprint density at radius 1 is 0.341 bits per heavy atom. The van der Waals surface area contributed by atoms with Crippen molar-refractivity contribution in [1.29, 1.82) is 0 Å². The largest absolute Gasteiger partial charge is 0.472 e. The summed E-state index contributed by atoms with van der Waals surface area (Å²) in [6.45, 7) is 13.9. The second-order valence-electron chi connectivity index (χ2n) is 24.2. The molecule has 0 rings (SSSR count). The van der Waals surface area contributed by atoms with E-state index < -0.39 is 97.5 Å². The van der Waals surface area contributed by atoms with Gasteiger partial charge in [0.25, 0.3) is 0 Å². The van der Waals surface area contributed by atoms with Crippen molar-refractivity contribution in [1.82, 2.24) is 0 Å². The van der Waals surface area contributed by atoms with Crippen LogP contribution in [0.4, 0.5) is 0 Å². The normalized spacial score (nSPS) is 15.1. The lowest BCUT2D eigenvalue weighted by Crippen LogP contribution is -2.30. The molecular weight excluding hydrogens is 1090 g/mol. The van der Waals surface area contributed by atoms with E-state index in [0.29, 0.717) is 31.6 Å². The molecule has 486 valence electrons. The minimum absolute atomic E-state index is 0.103. The average molecular weight is 1210 g/mol. The topological polar surface area (TPSA) is 237 Å². The van der Waals surface area contributed by atoms with Crippen LogP contribution in [0.1, 0.15) is 299 Å². The molecule has 0 saturated heterocycles. The molecule has 4 unspecified atom stereocenters. The molecule has 3 N–H and O–H groups in total. The SMILES string of the molecule is CCC(C)CCCCCCCCCCC(=O)O[C@H](COC(=O)CCCCCCCCC(C)C)COP(=O)(O)OC[C@@H](O)COP(=O)(O)OC[C@@H](COC(=O)CCCCCCCCC(C)CC)OC(=O)CCCCCCCCCCC(C)C. The van der Waals surface area contributed by atoms with Gasteiger partial charge in [-0.25, -0.2) is 9.13 Å². The summed E-state index contributed by atoms with van der Waals surface area (Å²) in [6.07, 6.45) is 32.2. The predicted molar refractivity (Wildman–Crippen MR) is 326 cm³/mol. The lowest BCUT2D eigenvalue weighted by molar-refractivity contribution is -0.161. The number of hydrogen-bond acceptors (Lipinski definition) is 15. The van der Waals surface area contributed by atoms with Crippen molar-refractivity contribution in [3.8, 4) is 0 Å². The quantitative estimate of drug-likeness (QED) is 0.0222. The van der Waals surface area contributed by atoms with Gasteiger partial charge in [0.2, 0.25) is 0 Å². The molecule has 0 aromatic rings. The highest BCUT2D eigenvalue weighted by Gasteiger charge is 2.30. The predicted octanol–water partition coefficient (Wildman–Crippen LogP) is 17.0. The van der Waals surface area contributed by atoms with Crippen molar-refractivity contribution >= 4 is 39.5 Å². The average Bonchev–Trinajstić information content (AvgIpc) is 3.45. The zero-order chi connectivity index (χ0) is 61.1. The molecule has 82 heavy (non-hydrogen) atoms. The van der Waals surface area contributed by atoms with Gasteiger partial charge >= 0.3 is 39.5 Å². The van der Waals surface area contributed by atoms with Crippen LogP contribution in [0.15, 0.2) is 0 Å². The molecule has 7 atom stereocenters. The third-order valence-corrected chi connectivity index (χ3v) is 16.9. The van der Waals surface area contributed by atoms with E-state index in [4.69, 9.17) is 37.0 Å². The van der Waals surface area contributed by atoms with Crippen LogP contribution in [0.3, 0.4) is 0 Å². The first-order valence-corrected chi connectivity index (χ1v) is 35.8. The van der Waals surface area contributed by atoms with Crippen LogP contribution in [-0.4, -0.2) is 96.7 Å². The van der Waals surface area contributed by atoms with Crippen molar-refractivity contribution in [3.05, 3.63) is 0 Å². The van der Waals surface area contributed by atoms with E-state index >= 15 is 0 Å². The second-order valence-corrected chi connectivity index (χ2v) is 27.1. The molecule has 0 aliphatic heterocycles. The number of carbonyl (C=O) groups excluding carboxylic acids is 4. The van der Waals surface area contributed by atoms with Gasteiger partial charge in [-0.15, -0.1) is 0 Å². The molecule has 0 saturated carbocycles. The number of phosphoric ester groups is 2. The van der Waals surface area contributed by atoms with E-state index in [0.717, 1.165) is 120 Å². The first-order chi connectivity index (χ1) is 39.2. The van der Waals surface area contributed by atoms with E-state index in [1.807, 2.05) is 0 Å². The van der Waals surface area contributed by atoms with Gasteiger partial charge in [-0.05, 0) is 49.4 Å². The fourth-order valence-corrected chi connectivity index (χ4v) is 10.8. The summed E-state index contributed by atoms with van der Waals surface area (Å²) in [5, 5.41) is 10.5. The molecule has 17 nitrogen and oxygen atoms in total. The van der Waals surface area contributed by atoms with E-state index in [1.54, 1.807) is 0 Å². The van der Waals surface area contributed by atoms with Gasteiger partial charge in [0.15, 0.2) is 12.2 Å². The molecule has 0 spiro atoms. The van der Waals surface area contributed by atoms with Crippen LogP contribution in [0.2, 0.25) is 0 Å². The highest BCUT2D eigenvalue weighted by molar-refractivity contribution is 7.47. The van der Waals surface area contributed by atoms with Gasteiger partial charge in [0, 0.05) is 25.7 Å². The van der Waals surface area contributed by atoms with Crippen LogP contribution in [0, 0.1) is 23.7 Å². The molecule has 0 fully saturated rings. The Hall–Kier alpha value is -1.94. The number of aliphatic hydroxyl groups excluding tert-OH is 1. The van der Waals surface area contributed by atoms with E-state index in [2.05, 4.69) is 55.4 Å². The summed E-state index contributed by atoms with van der Waals surface area (Å²) >= 11 is 0. The number of unbranched alkanes of at least 4 members (excludes halogenated alkanes) is 24. The van der Waals surface area contributed by atoms with E-state index in [-0.39, 0.29) is 25.7 Å². The number of carbonyl (C=O) groups is 4. The van der Waals surface area contributed by atoms with E-state index in [9.17, 15) is 43.2 Å². The van der Waals surface area contributed by atoms with Crippen molar-refractivity contribution < 1.29 is 80.2 Å². The lowest BCUT2D eigenvalue weighted by Gasteiger charge is -2.21. The third-order valence-electron chi connectivity index (χ3n) is 15.0. The third kappa shape index (κ3) is 54.7. The number of aliphatic hydroxyl groups is 1. The Labute approximate surface area is 498 Å². The Balaban J connectivity index is 5.26. The fraction of sp³-hybridized carbons (Fsp3) is 0.937. The summed E-state index contributed by atoms with van der Waals surface area (Å²) in [7, 11) is -9.89. The van der Waals surface area contributed by atoms with Gasteiger partial charge in [-0.3, -0.25) is 37.3 Å². The number of phosphoric acid groups is 2. The van der Waals surface area contributed by atoms with Crippen LogP contribution < -0.4 is 0 Å². The van der Waals surface area contributed by atoms with Gasteiger partial charge < -0.3 is 33.8 Å². The summed E-state index contributed by atoms with van der Waals surface area (Å²) in [5.74, 6) is 0.753. The Morgan fingerprint density at radius 3 is 0.866 bits per heavy atom. The summed E-state index contributed by atoms with van der Waals surface area (Å²) in [5.41, 5.74) is 0. The van der Waals surface area contributed by atoms with Crippen molar-refractivity contribution in [3.63, 3.8) is 0 Å². The molecular formula is C63H122O17P2. The highest BCUT2D eigenvalue weighted by Crippen LogP contribution is 2.45. The number of ether oxygens (including phenoxy) is 4. The lowest BCUT2D eigenvalue weighted by atomic mass is 9.99. The van der Waals surface area contributed by atoms with Crippen LogP contribution in [0.5, 0.6) is 0 Å². The summed E-state index contributed by atoms with van der Waals surface area (Å²) in [4.78, 5) is 72.1. The monoisotopic (exact) mass is 1210 g/mol. The van der Waals surface area contributed by atoms with Crippen LogP contribution in [-0.2, 0) is 65.4 Å². The standard InChI is InChI=1S/C63H122O17P2/c1-9-55(7)41-33-25-16-12-14-18-30-38-46-63(68)80-58(49-73-60(65)43-35-27-21-19-24-32-40-54(5)6)51-77-81(69,70)75-47-57(64)48-76-82(71,72)78-52-59(50-74-61(66)44-36-28-22-20-26-34-42-56(8)10-2)79-62(67)45-37-29-17-13-11-15-23-31-39-53(3)4/h53-59,64H,9-52H2,1-8H3,(H,69,70)(H,71,72)/t55?,56?,57-,58-,59-/m1/s1. The minimum atomic E-state index is -4.94. The highest BCUT2D eigenvalue weighted by atomic mass is 31.2. The van der Waals surface area contributed by atoms with Crippen LogP contribution in [0.25, 0.3) is 0 Å². The number of hydrogen-bond donors (Lipinski definition) is 3. The molecule has 19 heteroatoms. The molecule has 0 aliphatic carbocycles. The Kier molecular flexibility index (Phi) is 52.0. The second kappa shape index (κ2) is 53.3. The zero-order valence-electron chi connectivity index (χ0n) is 53.1. The molecule has 0 radical (unpaired) electrons. The molecule has 0 aliphatic rings. The number of rotatable bonds is 60. The Bertz CT molecular complexity index is 1650. The van der Waals surface area contributed by atoms with Crippen LogP contribution >= 0.6 is 15.6 Å². The summed E-state index contributed by atoms with van der Waals surface area (Å²) in [6, 6.07) is 0. The van der Waals surface area contributed by atoms with Gasteiger partial charge in [0.1, 0.15) is 19.3 Å². The smallest absolute Gasteiger partial charge is 0.462 e. The summed E-state index contributed by atoms with van der Waals surface area (Å²) < 4.78 is 67.9. The van der Waals surface area contributed by atoms with Gasteiger partial charge in [0.05, 0.1) is 26.4 Å². The van der Waals surface area contributed by atoms with Gasteiger partial charge in [-0.2, -0.15) is 0 Å². The first kappa shape index (κ1) is 80.1. The molecule has 0 bridgehead atoms. The molecule has 0 aromatic heterocycles. The zero-order valence-corrected chi connectivity index (χ0v) is 54.9. The van der Waals surface area contributed by atoms with Crippen molar-refractivity contribution in [2.45, 2.75) is 318 Å². The first-order valence-electron chi connectivity index (χ1n) is 32.8. The maximum Gasteiger partial charge on any atom is 0.472 e. The van der Waals surface area contributed by atoms with Crippen molar-refractivity contribution in [2.75, 3.05) is 39.6 Å². The van der Waals surface area contributed by atoms with E-state index in [1.165, 1.54) is 89.9 Å². The minimum Gasteiger partial charge on any atom is -0.462 e. The number of esters is 4. The maximum absolute atomic E-state index is 13.0. The molecule has 0 heterocycles. The Morgan fingerprint density at radius 2 is 0.585 bits per heavy atom. The molecule has 0 amide bonds. The molecule has 0 aromatic carbocycles. The maximum atomic E-state index is 13.0. The van der Waals surface area contributed by atoms with Gasteiger partial charge in [-0.1, -0.05) is 248 Å². The fourth-order valence-electron chi connectivity index (χ4n) is 9.19. The van der Waals surface area contributed by atoms with Crippen molar-refractivity contribution in [2.24, 2.45) is 23.7 Å².